The van der Waals surface area contributed by atoms with Crippen LogP contribution in [0.2, 0.25) is 0 Å². The number of imidazole rings is 1. The second kappa shape index (κ2) is 2.08. The molecule has 0 saturated heterocycles. The number of hydrogen-bond acceptors (Lipinski definition) is 2. The topological polar surface area (TPSA) is 54.7 Å². The van der Waals surface area contributed by atoms with Gasteiger partial charge in [0.2, 0.25) is 0 Å². The second-order valence-corrected chi connectivity index (χ2v) is 3.61. The molecule has 1 fully saturated rings. The van der Waals surface area contributed by atoms with Crippen LogP contribution in [-0.4, -0.2) is 16.5 Å². The minimum absolute atomic E-state index is 0.329. The lowest BCUT2D eigenvalue weighted by Gasteiger charge is -2.03. The van der Waals surface area contributed by atoms with Gasteiger partial charge in [-0.05, 0) is 18.4 Å². The molecule has 1 aromatic rings. The summed E-state index contributed by atoms with van der Waals surface area (Å²) in [5, 5.41) is 0. The number of nitrogens with two attached hydrogens (primary N) is 1. The number of aromatic nitrogens is 2. The van der Waals surface area contributed by atoms with Crippen molar-refractivity contribution in [3.63, 3.8) is 0 Å². The van der Waals surface area contributed by atoms with E-state index >= 15 is 0 Å². The molecule has 0 spiro atoms. The molecule has 1 aliphatic rings. The Kier molecular flexibility index (Phi) is 1.29. The van der Waals surface area contributed by atoms with E-state index in [-0.39, 0.29) is 0 Å². The van der Waals surface area contributed by atoms with Crippen LogP contribution >= 0.6 is 0 Å². The fourth-order valence-electron chi connectivity index (χ4n) is 1.56. The van der Waals surface area contributed by atoms with Gasteiger partial charge >= 0.3 is 0 Å². The number of hydrogen-bond donors (Lipinski definition) is 2. The molecular weight excluding hydrogens is 138 g/mol. The monoisotopic (exact) mass is 151 g/mol. The fraction of sp³-hybridized carbons (Fsp3) is 0.625. The van der Waals surface area contributed by atoms with E-state index in [1.165, 1.54) is 6.42 Å². The van der Waals surface area contributed by atoms with E-state index in [9.17, 15) is 0 Å². The summed E-state index contributed by atoms with van der Waals surface area (Å²) < 4.78 is 0. The van der Waals surface area contributed by atoms with Crippen LogP contribution < -0.4 is 5.73 Å². The van der Waals surface area contributed by atoms with Crippen LogP contribution in [0.25, 0.3) is 0 Å². The third kappa shape index (κ3) is 0.959. The molecular formula is C8H13N3. The third-order valence-electron chi connectivity index (χ3n) is 2.69. The minimum Gasteiger partial charge on any atom is -0.351 e. The molecule has 0 bridgehead atoms. The first kappa shape index (κ1) is 6.85. The lowest BCUT2D eigenvalue weighted by molar-refractivity contribution is 0.560. The van der Waals surface area contributed by atoms with Crippen molar-refractivity contribution in [3.05, 3.63) is 18.2 Å². The van der Waals surface area contributed by atoms with E-state index in [1.807, 2.05) is 6.20 Å². The lowest BCUT2D eigenvalue weighted by Crippen LogP contribution is -2.13. The van der Waals surface area contributed by atoms with Gasteiger partial charge in [0.1, 0.15) is 0 Å². The SMILES string of the molecule is C[C@@]1(CN)C[C@H]1c1c[nH]cn1. The first-order valence-corrected chi connectivity index (χ1v) is 3.95. The Morgan fingerprint density at radius 3 is 3.18 bits per heavy atom. The Labute approximate surface area is 66.0 Å². The molecule has 3 N–H and O–H groups in total. The average Bonchev–Trinajstić information content (AvgIpc) is 2.53. The molecule has 2 rings (SSSR count). The molecule has 1 saturated carbocycles. The lowest BCUT2D eigenvalue weighted by atomic mass is 10.1. The molecule has 11 heavy (non-hydrogen) atoms. The van der Waals surface area contributed by atoms with Gasteiger partial charge in [0.25, 0.3) is 0 Å². The van der Waals surface area contributed by atoms with Gasteiger partial charge in [-0.15, -0.1) is 0 Å². The first-order chi connectivity index (χ1) is 5.26. The zero-order valence-corrected chi connectivity index (χ0v) is 6.67. The quantitative estimate of drug-likeness (QED) is 0.658. The van der Waals surface area contributed by atoms with Crippen molar-refractivity contribution < 1.29 is 0 Å². The van der Waals surface area contributed by atoms with E-state index < -0.39 is 0 Å². The maximum Gasteiger partial charge on any atom is 0.0923 e. The van der Waals surface area contributed by atoms with Gasteiger partial charge in [-0.3, -0.25) is 0 Å². The number of H-pyrrole nitrogens is 1. The van der Waals surface area contributed by atoms with Gasteiger partial charge < -0.3 is 10.7 Å². The highest BCUT2D eigenvalue weighted by atomic mass is 14.9. The summed E-state index contributed by atoms with van der Waals surface area (Å²) in [5.41, 5.74) is 7.12. The molecule has 0 aliphatic heterocycles. The maximum absolute atomic E-state index is 5.63. The number of rotatable bonds is 2. The highest BCUT2D eigenvalue weighted by molar-refractivity contribution is 5.20. The van der Waals surface area contributed by atoms with Crippen LogP contribution in [0.1, 0.15) is 25.0 Å². The van der Waals surface area contributed by atoms with Crippen molar-refractivity contribution in [2.75, 3.05) is 6.54 Å². The van der Waals surface area contributed by atoms with Crippen LogP contribution in [0.15, 0.2) is 12.5 Å². The number of aromatic amines is 1. The molecule has 60 valence electrons. The van der Waals surface area contributed by atoms with E-state index in [0.717, 1.165) is 12.2 Å². The summed E-state index contributed by atoms with van der Waals surface area (Å²) in [6.07, 6.45) is 4.88. The Bertz CT molecular complexity index is 242. The fourth-order valence-corrected chi connectivity index (χ4v) is 1.56. The molecule has 0 aromatic carbocycles. The number of nitrogens with zero attached hydrogens (tertiary/aromatic N) is 1. The van der Waals surface area contributed by atoms with Crippen LogP contribution in [0, 0.1) is 5.41 Å². The Balaban J connectivity index is 2.13. The molecule has 2 atom stereocenters. The highest BCUT2D eigenvalue weighted by Crippen LogP contribution is 2.57. The summed E-state index contributed by atoms with van der Waals surface area (Å²) in [6, 6.07) is 0. The summed E-state index contributed by atoms with van der Waals surface area (Å²) >= 11 is 0. The van der Waals surface area contributed by atoms with E-state index in [0.29, 0.717) is 11.3 Å². The van der Waals surface area contributed by atoms with Crippen molar-refractivity contribution >= 4 is 0 Å². The smallest absolute Gasteiger partial charge is 0.0923 e. The molecule has 0 unspecified atom stereocenters. The van der Waals surface area contributed by atoms with Crippen LogP contribution in [0.5, 0.6) is 0 Å². The standard InChI is InChI=1S/C8H13N3/c1-8(4-9)2-6(8)7-3-10-5-11-7/h3,5-6H,2,4,9H2,1H3,(H,10,11)/t6-,8-/m0/s1. The molecule has 0 radical (unpaired) electrons. The van der Waals surface area contributed by atoms with Crippen molar-refractivity contribution in [3.8, 4) is 0 Å². The predicted molar refractivity (Wildman–Crippen MR) is 43.1 cm³/mol. The Morgan fingerprint density at radius 2 is 2.73 bits per heavy atom. The van der Waals surface area contributed by atoms with E-state index in [2.05, 4.69) is 16.9 Å². The number of nitrogens with one attached hydrogen (secondary N) is 1. The molecule has 3 nitrogen and oxygen atoms in total. The van der Waals surface area contributed by atoms with Gasteiger partial charge in [0.05, 0.1) is 12.0 Å². The molecule has 3 heteroatoms. The van der Waals surface area contributed by atoms with Crippen molar-refractivity contribution in [1.29, 1.82) is 0 Å². The van der Waals surface area contributed by atoms with E-state index in [1.54, 1.807) is 6.33 Å². The third-order valence-corrected chi connectivity index (χ3v) is 2.69. The average molecular weight is 151 g/mol. The largest absolute Gasteiger partial charge is 0.351 e. The van der Waals surface area contributed by atoms with Gasteiger partial charge in [0.15, 0.2) is 0 Å². The van der Waals surface area contributed by atoms with Crippen molar-refractivity contribution in [1.82, 2.24) is 9.97 Å². The normalized spacial score (nSPS) is 35.6. The van der Waals surface area contributed by atoms with Crippen molar-refractivity contribution in [2.24, 2.45) is 11.1 Å². The second-order valence-electron chi connectivity index (χ2n) is 3.61. The highest BCUT2D eigenvalue weighted by Gasteiger charge is 2.50. The summed E-state index contributed by atoms with van der Waals surface area (Å²) in [6.45, 7) is 2.98. The zero-order chi connectivity index (χ0) is 7.90. The van der Waals surface area contributed by atoms with Crippen LogP contribution in [0.4, 0.5) is 0 Å². The maximum atomic E-state index is 5.63. The molecule has 1 aromatic heterocycles. The van der Waals surface area contributed by atoms with E-state index in [4.69, 9.17) is 5.73 Å². The van der Waals surface area contributed by atoms with Gasteiger partial charge in [0, 0.05) is 12.1 Å². The molecule has 1 heterocycles. The van der Waals surface area contributed by atoms with Crippen molar-refractivity contribution in [2.45, 2.75) is 19.3 Å². The minimum atomic E-state index is 0.329. The van der Waals surface area contributed by atoms with Crippen LogP contribution in [0.3, 0.4) is 0 Å². The Morgan fingerprint density at radius 1 is 1.91 bits per heavy atom. The summed E-state index contributed by atoms with van der Waals surface area (Å²) in [7, 11) is 0. The van der Waals surface area contributed by atoms with Gasteiger partial charge in [-0.25, -0.2) is 4.98 Å². The van der Waals surface area contributed by atoms with Crippen LogP contribution in [-0.2, 0) is 0 Å². The molecule has 0 amide bonds. The predicted octanol–water partition coefficient (Wildman–Crippen LogP) is 0.862. The van der Waals surface area contributed by atoms with Gasteiger partial charge in [-0.1, -0.05) is 6.92 Å². The Hall–Kier alpha value is -0.830. The summed E-state index contributed by atoms with van der Waals surface area (Å²) in [5.74, 6) is 0.596. The molecule has 1 aliphatic carbocycles. The summed E-state index contributed by atoms with van der Waals surface area (Å²) in [4.78, 5) is 7.17. The first-order valence-electron chi connectivity index (χ1n) is 3.95. The zero-order valence-electron chi connectivity index (χ0n) is 6.67. The van der Waals surface area contributed by atoms with Gasteiger partial charge in [-0.2, -0.15) is 0 Å².